The number of nitrogens with one attached hydrogen (secondary N) is 1. The molecule has 1 N–H and O–H groups in total. The molecule has 6 heteroatoms. The van der Waals surface area contributed by atoms with E-state index in [0.29, 0.717) is 18.9 Å². The van der Waals surface area contributed by atoms with Gasteiger partial charge in [-0.05, 0) is 49.7 Å². The molecule has 0 aliphatic heterocycles. The summed E-state index contributed by atoms with van der Waals surface area (Å²) in [5, 5.41) is 2.81. The van der Waals surface area contributed by atoms with E-state index in [-0.39, 0.29) is 12.5 Å². The number of carbonyl (C=O) groups is 1. The van der Waals surface area contributed by atoms with Gasteiger partial charge in [-0.15, -0.1) is 0 Å². The van der Waals surface area contributed by atoms with E-state index in [1.165, 1.54) is 0 Å². The lowest BCUT2D eigenvalue weighted by Crippen LogP contribution is -2.28. The topological polar surface area (TPSA) is 64.9 Å². The van der Waals surface area contributed by atoms with Crippen LogP contribution in [-0.4, -0.2) is 28.5 Å². The number of aryl methyl sites for hydroxylation is 1. The zero-order valence-electron chi connectivity index (χ0n) is 14.4. The van der Waals surface area contributed by atoms with Gasteiger partial charge in [-0.1, -0.05) is 6.07 Å². The van der Waals surface area contributed by atoms with Crippen molar-refractivity contribution in [2.45, 2.75) is 20.4 Å². The van der Waals surface area contributed by atoms with Crippen molar-refractivity contribution in [1.29, 1.82) is 0 Å². The van der Waals surface area contributed by atoms with E-state index in [0.717, 1.165) is 22.7 Å². The van der Waals surface area contributed by atoms with Crippen molar-refractivity contribution >= 4 is 11.6 Å². The average Bonchev–Trinajstić information content (AvgIpc) is 3.01. The summed E-state index contributed by atoms with van der Waals surface area (Å²) in [7, 11) is 0. The highest BCUT2D eigenvalue weighted by atomic mass is 16.5. The lowest BCUT2D eigenvalue weighted by Gasteiger charge is -2.08. The predicted molar refractivity (Wildman–Crippen MR) is 94.9 cm³/mol. The zero-order chi connectivity index (χ0) is 17.6. The Bertz CT molecular complexity index is 856. The first-order valence-corrected chi connectivity index (χ1v) is 8.20. The second-order valence-electron chi connectivity index (χ2n) is 5.67. The molecule has 25 heavy (non-hydrogen) atoms. The summed E-state index contributed by atoms with van der Waals surface area (Å²) in [6.07, 6.45) is 3.92. The maximum atomic E-state index is 11.9. The summed E-state index contributed by atoms with van der Waals surface area (Å²) in [6.45, 7) is 4.90. The molecule has 0 fully saturated rings. The summed E-state index contributed by atoms with van der Waals surface area (Å²) in [5.41, 5.74) is 2.82. The lowest BCUT2D eigenvalue weighted by molar-refractivity contribution is -0.123. The van der Waals surface area contributed by atoms with Crippen LogP contribution in [-0.2, 0) is 11.3 Å². The molecular weight excluding hydrogens is 318 g/mol. The number of imidazole rings is 1. The summed E-state index contributed by atoms with van der Waals surface area (Å²) >= 11 is 0. The molecule has 0 atom stereocenters. The van der Waals surface area contributed by atoms with Crippen molar-refractivity contribution in [3.8, 4) is 11.5 Å². The highest BCUT2D eigenvalue weighted by Crippen LogP contribution is 2.17. The number of benzene rings is 1. The van der Waals surface area contributed by atoms with Gasteiger partial charge in [0.1, 0.15) is 17.1 Å². The van der Waals surface area contributed by atoms with E-state index in [2.05, 4.69) is 10.3 Å². The summed E-state index contributed by atoms with van der Waals surface area (Å²) in [4.78, 5) is 16.4. The molecule has 0 radical (unpaired) electrons. The van der Waals surface area contributed by atoms with E-state index in [4.69, 9.17) is 9.47 Å². The van der Waals surface area contributed by atoms with Crippen molar-refractivity contribution in [3.63, 3.8) is 0 Å². The second-order valence-corrected chi connectivity index (χ2v) is 5.67. The van der Waals surface area contributed by atoms with Crippen molar-refractivity contribution in [2.75, 3.05) is 13.2 Å². The van der Waals surface area contributed by atoms with Gasteiger partial charge in [0.15, 0.2) is 6.61 Å². The fourth-order valence-electron chi connectivity index (χ4n) is 2.43. The van der Waals surface area contributed by atoms with Gasteiger partial charge in [-0.25, -0.2) is 4.98 Å². The molecular formula is C19H21N3O3. The Kier molecular flexibility index (Phi) is 5.18. The molecule has 1 amide bonds. The maximum absolute atomic E-state index is 11.9. The molecule has 0 aliphatic carbocycles. The SMILES string of the molecule is CCOc1ccc(OCC(=O)NCc2cn3cc(C)ccc3n2)cc1. The first-order chi connectivity index (χ1) is 12.1. The summed E-state index contributed by atoms with van der Waals surface area (Å²) in [5.74, 6) is 1.21. The molecule has 6 nitrogen and oxygen atoms in total. The van der Waals surface area contributed by atoms with E-state index >= 15 is 0 Å². The van der Waals surface area contributed by atoms with Crippen molar-refractivity contribution in [1.82, 2.24) is 14.7 Å². The quantitative estimate of drug-likeness (QED) is 0.719. The molecule has 3 aromatic rings. The Balaban J connectivity index is 1.48. The third-order valence-corrected chi connectivity index (χ3v) is 3.62. The molecule has 0 aliphatic rings. The minimum absolute atomic E-state index is 0.0412. The van der Waals surface area contributed by atoms with Crippen LogP contribution in [0, 0.1) is 6.92 Å². The minimum Gasteiger partial charge on any atom is -0.494 e. The Morgan fingerprint density at radius 2 is 1.80 bits per heavy atom. The van der Waals surface area contributed by atoms with Crippen LogP contribution in [0.2, 0.25) is 0 Å². The Hall–Kier alpha value is -3.02. The fourth-order valence-corrected chi connectivity index (χ4v) is 2.43. The van der Waals surface area contributed by atoms with Crippen LogP contribution in [0.1, 0.15) is 18.2 Å². The van der Waals surface area contributed by atoms with Gasteiger partial charge < -0.3 is 19.2 Å². The Labute approximate surface area is 146 Å². The normalized spacial score (nSPS) is 10.6. The van der Waals surface area contributed by atoms with Crippen molar-refractivity contribution < 1.29 is 14.3 Å². The number of rotatable bonds is 7. The molecule has 2 heterocycles. The summed E-state index contributed by atoms with van der Waals surface area (Å²) in [6, 6.07) is 11.2. The fraction of sp³-hybridized carbons (Fsp3) is 0.263. The standard InChI is InChI=1S/C19H21N3O3/c1-3-24-16-5-7-17(8-6-16)25-13-19(23)20-10-15-12-22-11-14(2)4-9-18(22)21-15/h4-9,11-12H,3,10,13H2,1-2H3,(H,20,23). The molecule has 0 spiro atoms. The zero-order valence-corrected chi connectivity index (χ0v) is 14.4. The van der Waals surface area contributed by atoms with Crippen LogP contribution in [0.3, 0.4) is 0 Å². The minimum atomic E-state index is -0.192. The van der Waals surface area contributed by atoms with Crippen LogP contribution < -0.4 is 14.8 Å². The Morgan fingerprint density at radius 1 is 1.08 bits per heavy atom. The Morgan fingerprint density at radius 3 is 2.52 bits per heavy atom. The smallest absolute Gasteiger partial charge is 0.258 e. The molecule has 130 valence electrons. The summed E-state index contributed by atoms with van der Waals surface area (Å²) < 4.78 is 12.8. The molecule has 0 unspecified atom stereocenters. The number of hydrogen-bond donors (Lipinski definition) is 1. The number of aromatic nitrogens is 2. The van der Waals surface area contributed by atoms with Crippen LogP contribution in [0.4, 0.5) is 0 Å². The first kappa shape index (κ1) is 16.8. The van der Waals surface area contributed by atoms with Crippen LogP contribution in [0.5, 0.6) is 11.5 Å². The first-order valence-electron chi connectivity index (χ1n) is 8.20. The molecule has 1 aromatic carbocycles. The van der Waals surface area contributed by atoms with Crippen molar-refractivity contribution in [3.05, 3.63) is 60.0 Å². The van der Waals surface area contributed by atoms with E-state index in [1.54, 1.807) is 12.1 Å². The van der Waals surface area contributed by atoms with E-state index in [9.17, 15) is 4.79 Å². The monoisotopic (exact) mass is 339 g/mol. The number of fused-ring (bicyclic) bond motifs is 1. The molecule has 3 rings (SSSR count). The third kappa shape index (κ3) is 4.50. The van der Waals surface area contributed by atoms with Gasteiger partial charge in [-0.3, -0.25) is 4.79 Å². The molecule has 2 aromatic heterocycles. The number of pyridine rings is 1. The van der Waals surface area contributed by atoms with Gasteiger partial charge in [0.2, 0.25) is 0 Å². The van der Waals surface area contributed by atoms with E-state index in [1.807, 2.05) is 54.9 Å². The number of hydrogen-bond acceptors (Lipinski definition) is 4. The molecule has 0 bridgehead atoms. The van der Waals surface area contributed by atoms with Crippen LogP contribution in [0.15, 0.2) is 48.8 Å². The van der Waals surface area contributed by atoms with Crippen molar-refractivity contribution in [2.24, 2.45) is 0 Å². The number of nitrogens with zero attached hydrogens (tertiary/aromatic N) is 2. The predicted octanol–water partition coefficient (Wildman–Crippen LogP) is 2.74. The molecule has 0 saturated heterocycles. The largest absolute Gasteiger partial charge is 0.494 e. The van der Waals surface area contributed by atoms with Gasteiger partial charge in [0, 0.05) is 12.4 Å². The van der Waals surface area contributed by atoms with Gasteiger partial charge in [-0.2, -0.15) is 0 Å². The lowest BCUT2D eigenvalue weighted by atomic mass is 10.3. The number of amides is 1. The van der Waals surface area contributed by atoms with Gasteiger partial charge in [0.25, 0.3) is 5.91 Å². The van der Waals surface area contributed by atoms with E-state index < -0.39 is 0 Å². The molecule has 0 saturated carbocycles. The third-order valence-electron chi connectivity index (χ3n) is 3.62. The van der Waals surface area contributed by atoms with Gasteiger partial charge in [0.05, 0.1) is 18.8 Å². The second kappa shape index (κ2) is 7.70. The highest BCUT2D eigenvalue weighted by molar-refractivity contribution is 5.77. The number of carbonyl (C=O) groups excluding carboxylic acids is 1. The number of ether oxygens (including phenoxy) is 2. The highest BCUT2D eigenvalue weighted by Gasteiger charge is 2.06. The van der Waals surface area contributed by atoms with Crippen LogP contribution in [0.25, 0.3) is 5.65 Å². The van der Waals surface area contributed by atoms with Gasteiger partial charge >= 0.3 is 0 Å². The maximum Gasteiger partial charge on any atom is 0.258 e. The van der Waals surface area contributed by atoms with Crippen LogP contribution >= 0.6 is 0 Å². The average molecular weight is 339 g/mol.